The van der Waals surface area contributed by atoms with E-state index in [9.17, 15) is 0 Å². The summed E-state index contributed by atoms with van der Waals surface area (Å²) in [6.07, 6.45) is 5.41. The smallest absolute Gasteiger partial charge is 0.131 e. The summed E-state index contributed by atoms with van der Waals surface area (Å²) >= 11 is 0. The molecule has 0 saturated carbocycles. The third-order valence-electron chi connectivity index (χ3n) is 4.50. The summed E-state index contributed by atoms with van der Waals surface area (Å²) in [4.78, 5) is 17.7. The minimum absolute atomic E-state index is 0.455. The second-order valence-electron chi connectivity index (χ2n) is 6.78. The lowest BCUT2D eigenvalue weighted by molar-refractivity contribution is 0.121. The van der Waals surface area contributed by atoms with E-state index in [1.807, 2.05) is 37.3 Å². The molecule has 1 aliphatic heterocycles. The second-order valence-corrected chi connectivity index (χ2v) is 6.78. The van der Waals surface area contributed by atoms with Gasteiger partial charge in [0.25, 0.3) is 0 Å². The summed E-state index contributed by atoms with van der Waals surface area (Å²) in [7, 11) is 4.00. The molecule has 6 heteroatoms. The van der Waals surface area contributed by atoms with Gasteiger partial charge in [0.15, 0.2) is 0 Å². The molecule has 0 N–H and O–H groups in total. The SMILES string of the molecule is CN(C)c1cc(CC2COCCN(CCc3ccccn3)C2)ncn1. The van der Waals surface area contributed by atoms with E-state index in [0.717, 1.165) is 62.9 Å². The highest BCUT2D eigenvalue weighted by Crippen LogP contribution is 2.15. The Balaban J connectivity index is 1.57. The maximum Gasteiger partial charge on any atom is 0.131 e. The van der Waals surface area contributed by atoms with Gasteiger partial charge in [0.05, 0.1) is 13.2 Å². The predicted molar refractivity (Wildman–Crippen MR) is 98.8 cm³/mol. The van der Waals surface area contributed by atoms with Crippen LogP contribution in [-0.2, 0) is 17.6 Å². The van der Waals surface area contributed by atoms with E-state index in [1.54, 1.807) is 6.33 Å². The van der Waals surface area contributed by atoms with Crippen LogP contribution in [0, 0.1) is 5.92 Å². The topological polar surface area (TPSA) is 54.4 Å². The minimum Gasteiger partial charge on any atom is -0.380 e. The van der Waals surface area contributed by atoms with Gasteiger partial charge in [-0.25, -0.2) is 9.97 Å². The van der Waals surface area contributed by atoms with Gasteiger partial charge in [-0.05, 0) is 18.6 Å². The van der Waals surface area contributed by atoms with Crippen molar-refractivity contribution in [3.63, 3.8) is 0 Å². The fraction of sp³-hybridized carbons (Fsp3) is 0.526. The van der Waals surface area contributed by atoms with Gasteiger partial charge in [-0.3, -0.25) is 4.98 Å². The van der Waals surface area contributed by atoms with E-state index in [2.05, 4.69) is 32.0 Å². The van der Waals surface area contributed by atoms with Gasteiger partial charge >= 0.3 is 0 Å². The van der Waals surface area contributed by atoms with Crippen LogP contribution in [0.25, 0.3) is 0 Å². The first-order chi connectivity index (χ1) is 12.2. The fourth-order valence-electron chi connectivity index (χ4n) is 3.14. The zero-order valence-corrected chi connectivity index (χ0v) is 15.1. The lowest BCUT2D eigenvalue weighted by atomic mass is 10.0. The molecule has 1 fully saturated rings. The Kier molecular flexibility index (Phi) is 6.30. The monoisotopic (exact) mass is 341 g/mol. The molecule has 1 aliphatic rings. The quantitative estimate of drug-likeness (QED) is 0.797. The molecule has 1 saturated heterocycles. The fourth-order valence-corrected chi connectivity index (χ4v) is 3.14. The molecule has 0 aliphatic carbocycles. The van der Waals surface area contributed by atoms with E-state index >= 15 is 0 Å². The molecule has 0 radical (unpaired) electrons. The Hall–Kier alpha value is -2.05. The second kappa shape index (κ2) is 8.87. The van der Waals surface area contributed by atoms with Crippen LogP contribution in [0.3, 0.4) is 0 Å². The molecule has 0 bridgehead atoms. The average molecular weight is 341 g/mol. The minimum atomic E-state index is 0.455. The van der Waals surface area contributed by atoms with Gasteiger partial charge in [0, 0.05) is 69.7 Å². The van der Waals surface area contributed by atoms with Crippen LogP contribution in [0.2, 0.25) is 0 Å². The molecule has 3 heterocycles. The normalized spacial score (nSPS) is 18.7. The average Bonchev–Trinajstić information content (AvgIpc) is 2.86. The number of hydrogen-bond acceptors (Lipinski definition) is 6. The Morgan fingerprint density at radius 2 is 2.12 bits per heavy atom. The Morgan fingerprint density at radius 1 is 1.20 bits per heavy atom. The van der Waals surface area contributed by atoms with E-state index in [1.165, 1.54) is 0 Å². The zero-order valence-electron chi connectivity index (χ0n) is 15.1. The molecule has 0 spiro atoms. The molecule has 6 nitrogen and oxygen atoms in total. The third-order valence-corrected chi connectivity index (χ3v) is 4.50. The summed E-state index contributed by atoms with van der Waals surface area (Å²) in [5, 5.41) is 0. The van der Waals surface area contributed by atoms with Crippen LogP contribution < -0.4 is 4.90 Å². The van der Waals surface area contributed by atoms with Gasteiger partial charge in [-0.1, -0.05) is 6.07 Å². The molecule has 2 aromatic rings. The highest BCUT2D eigenvalue weighted by molar-refractivity contribution is 5.36. The summed E-state index contributed by atoms with van der Waals surface area (Å²) in [5.41, 5.74) is 2.23. The number of aromatic nitrogens is 3. The lowest BCUT2D eigenvalue weighted by Gasteiger charge is -2.23. The van der Waals surface area contributed by atoms with Gasteiger partial charge in [0.1, 0.15) is 12.1 Å². The zero-order chi connectivity index (χ0) is 17.5. The van der Waals surface area contributed by atoms with Crippen molar-refractivity contribution < 1.29 is 4.74 Å². The molecular weight excluding hydrogens is 314 g/mol. The van der Waals surface area contributed by atoms with E-state index in [-0.39, 0.29) is 0 Å². The number of hydrogen-bond donors (Lipinski definition) is 0. The number of nitrogens with zero attached hydrogens (tertiary/aromatic N) is 5. The predicted octanol–water partition coefficient (Wildman–Crippen LogP) is 1.67. The van der Waals surface area contributed by atoms with Gasteiger partial charge in [-0.15, -0.1) is 0 Å². The number of rotatable bonds is 6. The highest BCUT2D eigenvalue weighted by atomic mass is 16.5. The van der Waals surface area contributed by atoms with Crippen molar-refractivity contribution in [1.82, 2.24) is 19.9 Å². The van der Waals surface area contributed by atoms with Gasteiger partial charge < -0.3 is 14.5 Å². The van der Waals surface area contributed by atoms with Crippen LogP contribution in [-0.4, -0.2) is 66.8 Å². The Morgan fingerprint density at radius 3 is 2.92 bits per heavy atom. The molecule has 2 aromatic heterocycles. The van der Waals surface area contributed by atoms with Crippen molar-refractivity contribution in [3.8, 4) is 0 Å². The summed E-state index contributed by atoms with van der Waals surface area (Å²) in [6, 6.07) is 8.18. The lowest BCUT2D eigenvalue weighted by Crippen LogP contribution is -2.33. The van der Waals surface area contributed by atoms with Crippen molar-refractivity contribution in [3.05, 3.63) is 48.2 Å². The van der Waals surface area contributed by atoms with Crippen LogP contribution in [0.1, 0.15) is 11.4 Å². The summed E-state index contributed by atoms with van der Waals surface area (Å²) in [5.74, 6) is 1.41. The standard InChI is InChI=1S/C19H27N5O/c1-23(2)19-12-18(21-15-22-19)11-16-13-24(9-10-25-14-16)8-6-17-5-3-4-7-20-17/h3-5,7,12,15-16H,6,8-11,13-14H2,1-2H3. The van der Waals surface area contributed by atoms with Crippen LogP contribution in [0.15, 0.2) is 36.8 Å². The van der Waals surface area contributed by atoms with Crippen molar-refractivity contribution in [2.24, 2.45) is 5.92 Å². The number of ether oxygens (including phenoxy) is 1. The molecule has 25 heavy (non-hydrogen) atoms. The molecule has 3 rings (SSSR count). The van der Waals surface area contributed by atoms with E-state index < -0.39 is 0 Å². The summed E-state index contributed by atoms with van der Waals surface area (Å²) < 4.78 is 5.83. The summed E-state index contributed by atoms with van der Waals surface area (Å²) in [6.45, 7) is 4.63. The van der Waals surface area contributed by atoms with Gasteiger partial charge in [0.2, 0.25) is 0 Å². The number of pyridine rings is 1. The van der Waals surface area contributed by atoms with Crippen molar-refractivity contribution in [1.29, 1.82) is 0 Å². The Labute approximate surface area is 149 Å². The van der Waals surface area contributed by atoms with Crippen molar-refractivity contribution >= 4 is 5.82 Å². The molecule has 0 amide bonds. The first-order valence-electron chi connectivity index (χ1n) is 8.89. The molecule has 1 atom stereocenters. The maximum absolute atomic E-state index is 5.83. The molecule has 134 valence electrons. The van der Waals surface area contributed by atoms with Crippen molar-refractivity contribution in [2.45, 2.75) is 12.8 Å². The number of anilines is 1. The van der Waals surface area contributed by atoms with Gasteiger partial charge in [-0.2, -0.15) is 0 Å². The first-order valence-corrected chi connectivity index (χ1v) is 8.89. The van der Waals surface area contributed by atoms with Crippen LogP contribution >= 0.6 is 0 Å². The van der Waals surface area contributed by atoms with E-state index in [0.29, 0.717) is 5.92 Å². The Bertz CT molecular complexity index is 649. The third kappa shape index (κ3) is 5.47. The highest BCUT2D eigenvalue weighted by Gasteiger charge is 2.20. The van der Waals surface area contributed by atoms with Crippen LogP contribution in [0.4, 0.5) is 5.82 Å². The maximum atomic E-state index is 5.83. The molecule has 1 unspecified atom stereocenters. The molecule has 0 aromatic carbocycles. The van der Waals surface area contributed by atoms with Crippen LogP contribution in [0.5, 0.6) is 0 Å². The van der Waals surface area contributed by atoms with Crippen molar-refractivity contribution in [2.75, 3.05) is 51.8 Å². The first kappa shape index (κ1) is 17.8. The molecular formula is C19H27N5O. The van der Waals surface area contributed by atoms with E-state index in [4.69, 9.17) is 4.74 Å². The largest absolute Gasteiger partial charge is 0.380 e.